The molecule has 0 saturated carbocycles. The summed E-state index contributed by atoms with van der Waals surface area (Å²) in [7, 11) is 2.25. The Hall–Kier alpha value is -0.0800. The molecule has 2 aliphatic heterocycles. The average molecular weight is 226 g/mol. The first kappa shape index (κ1) is 14.0. The van der Waals surface area contributed by atoms with Crippen molar-refractivity contribution >= 4 is 0 Å². The second kappa shape index (κ2) is 7.29. The van der Waals surface area contributed by atoms with Crippen LogP contribution in [0.4, 0.5) is 0 Å². The lowest BCUT2D eigenvalue weighted by Crippen LogP contribution is -2.37. The van der Waals surface area contributed by atoms with Gasteiger partial charge in [-0.1, -0.05) is 20.8 Å². The molecule has 2 nitrogen and oxygen atoms in total. The predicted octanol–water partition coefficient (Wildman–Crippen LogP) is 2.70. The summed E-state index contributed by atoms with van der Waals surface area (Å²) in [6.07, 6.45) is 4.26. The van der Waals surface area contributed by atoms with Crippen LogP contribution in [0.25, 0.3) is 0 Å². The van der Waals surface area contributed by atoms with E-state index in [1.165, 1.54) is 52.0 Å². The fourth-order valence-electron chi connectivity index (χ4n) is 2.79. The average Bonchev–Trinajstić information content (AvgIpc) is 2.70. The molecule has 1 unspecified atom stereocenters. The molecule has 2 fully saturated rings. The Balaban J connectivity index is 0.000000606. The second-order valence-electron chi connectivity index (χ2n) is 5.40. The van der Waals surface area contributed by atoms with Crippen LogP contribution in [-0.2, 0) is 0 Å². The van der Waals surface area contributed by atoms with Crippen molar-refractivity contribution in [3.8, 4) is 0 Å². The third-order valence-corrected chi connectivity index (χ3v) is 3.88. The van der Waals surface area contributed by atoms with Crippen molar-refractivity contribution in [1.82, 2.24) is 9.80 Å². The van der Waals surface area contributed by atoms with E-state index < -0.39 is 0 Å². The van der Waals surface area contributed by atoms with Crippen molar-refractivity contribution in [2.45, 2.75) is 40.0 Å². The van der Waals surface area contributed by atoms with Gasteiger partial charge in [-0.05, 0) is 57.8 Å². The summed E-state index contributed by atoms with van der Waals surface area (Å²) in [5.41, 5.74) is 0. The standard InChI is InChI=1S/C12H24N2.C2H6/c1-11-3-7-14(8-4-11)10-12-5-6-13(2)9-12;1-2/h11-12H,3-10H2,1-2H3;1-2H3. The Morgan fingerprint density at radius 2 is 1.62 bits per heavy atom. The minimum absolute atomic E-state index is 0.952. The number of likely N-dealkylation sites (tertiary alicyclic amines) is 2. The Kier molecular flexibility index (Phi) is 6.37. The summed E-state index contributed by atoms with van der Waals surface area (Å²) >= 11 is 0. The van der Waals surface area contributed by atoms with Crippen molar-refractivity contribution in [2.24, 2.45) is 11.8 Å². The zero-order chi connectivity index (χ0) is 12.0. The molecular weight excluding hydrogens is 196 g/mol. The van der Waals surface area contributed by atoms with Gasteiger partial charge in [0, 0.05) is 13.1 Å². The maximum Gasteiger partial charge on any atom is 0.00224 e. The third kappa shape index (κ3) is 4.42. The van der Waals surface area contributed by atoms with Gasteiger partial charge in [0.05, 0.1) is 0 Å². The van der Waals surface area contributed by atoms with Crippen LogP contribution < -0.4 is 0 Å². The van der Waals surface area contributed by atoms with Crippen LogP contribution in [0.15, 0.2) is 0 Å². The highest BCUT2D eigenvalue weighted by Gasteiger charge is 2.23. The molecule has 2 saturated heterocycles. The molecule has 2 heterocycles. The molecule has 0 aromatic rings. The normalized spacial score (nSPS) is 28.9. The fourth-order valence-corrected chi connectivity index (χ4v) is 2.79. The topological polar surface area (TPSA) is 6.48 Å². The quantitative estimate of drug-likeness (QED) is 0.714. The number of piperidine rings is 1. The van der Waals surface area contributed by atoms with Crippen LogP contribution in [0.5, 0.6) is 0 Å². The van der Waals surface area contributed by atoms with E-state index in [4.69, 9.17) is 0 Å². The van der Waals surface area contributed by atoms with Gasteiger partial charge in [-0.2, -0.15) is 0 Å². The minimum Gasteiger partial charge on any atom is -0.306 e. The van der Waals surface area contributed by atoms with Gasteiger partial charge >= 0.3 is 0 Å². The Morgan fingerprint density at radius 3 is 2.12 bits per heavy atom. The molecule has 0 bridgehead atoms. The van der Waals surface area contributed by atoms with Gasteiger partial charge in [0.1, 0.15) is 0 Å². The van der Waals surface area contributed by atoms with Crippen molar-refractivity contribution in [3.63, 3.8) is 0 Å². The molecule has 0 radical (unpaired) electrons. The third-order valence-electron chi connectivity index (χ3n) is 3.88. The van der Waals surface area contributed by atoms with Crippen LogP contribution in [-0.4, -0.2) is 49.6 Å². The molecule has 2 rings (SSSR count). The summed E-state index contributed by atoms with van der Waals surface area (Å²) in [4.78, 5) is 5.15. The largest absolute Gasteiger partial charge is 0.306 e. The summed E-state index contributed by atoms with van der Waals surface area (Å²) in [5.74, 6) is 1.92. The highest BCUT2D eigenvalue weighted by atomic mass is 15.2. The molecule has 96 valence electrons. The second-order valence-corrected chi connectivity index (χ2v) is 5.40. The summed E-state index contributed by atoms with van der Waals surface area (Å²) in [5, 5.41) is 0. The molecule has 0 N–H and O–H groups in total. The number of nitrogens with zero attached hydrogens (tertiary/aromatic N) is 2. The van der Waals surface area contributed by atoms with Crippen LogP contribution >= 0.6 is 0 Å². The summed E-state index contributed by atoms with van der Waals surface area (Å²) in [6, 6.07) is 0. The van der Waals surface area contributed by atoms with Crippen LogP contribution in [0, 0.1) is 11.8 Å². The fraction of sp³-hybridized carbons (Fsp3) is 1.00. The first-order valence-electron chi connectivity index (χ1n) is 7.15. The molecule has 2 heteroatoms. The first-order valence-corrected chi connectivity index (χ1v) is 7.15. The van der Waals surface area contributed by atoms with E-state index in [1.807, 2.05) is 13.8 Å². The van der Waals surface area contributed by atoms with E-state index in [-0.39, 0.29) is 0 Å². The van der Waals surface area contributed by atoms with E-state index in [2.05, 4.69) is 23.8 Å². The molecular formula is C14H30N2. The summed E-state index contributed by atoms with van der Waals surface area (Å²) < 4.78 is 0. The van der Waals surface area contributed by atoms with E-state index in [9.17, 15) is 0 Å². The maximum atomic E-state index is 2.68. The van der Waals surface area contributed by atoms with Crippen molar-refractivity contribution in [3.05, 3.63) is 0 Å². The van der Waals surface area contributed by atoms with Crippen LogP contribution in [0.3, 0.4) is 0 Å². The zero-order valence-electron chi connectivity index (χ0n) is 11.7. The molecule has 1 atom stereocenters. The van der Waals surface area contributed by atoms with Gasteiger partial charge in [0.2, 0.25) is 0 Å². The molecule has 0 aliphatic carbocycles. The van der Waals surface area contributed by atoms with Gasteiger partial charge in [-0.25, -0.2) is 0 Å². The monoisotopic (exact) mass is 226 g/mol. The molecule has 2 aliphatic rings. The summed E-state index contributed by atoms with van der Waals surface area (Å²) in [6.45, 7) is 13.1. The van der Waals surface area contributed by atoms with E-state index in [0.29, 0.717) is 0 Å². The SMILES string of the molecule is CC.CC1CCN(CC2CCN(C)C2)CC1. The number of rotatable bonds is 2. The molecule has 0 aromatic carbocycles. The van der Waals surface area contributed by atoms with Gasteiger partial charge in [0.15, 0.2) is 0 Å². The van der Waals surface area contributed by atoms with Crippen molar-refractivity contribution in [1.29, 1.82) is 0 Å². The van der Waals surface area contributed by atoms with E-state index in [1.54, 1.807) is 0 Å². The van der Waals surface area contributed by atoms with Gasteiger partial charge in [-0.3, -0.25) is 0 Å². The molecule has 0 spiro atoms. The number of hydrogen-bond acceptors (Lipinski definition) is 2. The van der Waals surface area contributed by atoms with Gasteiger partial charge < -0.3 is 9.80 Å². The minimum atomic E-state index is 0.952. The van der Waals surface area contributed by atoms with Crippen molar-refractivity contribution < 1.29 is 0 Å². The lowest BCUT2D eigenvalue weighted by molar-refractivity contribution is 0.168. The molecule has 0 aromatic heterocycles. The zero-order valence-corrected chi connectivity index (χ0v) is 11.7. The first-order chi connectivity index (χ1) is 7.74. The smallest absolute Gasteiger partial charge is 0.00224 e. The molecule has 0 amide bonds. The maximum absolute atomic E-state index is 2.68. The van der Waals surface area contributed by atoms with Crippen LogP contribution in [0.2, 0.25) is 0 Å². The Labute approximate surface area is 102 Å². The molecule has 16 heavy (non-hydrogen) atoms. The van der Waals surface area contributed by atoms with Gasteiger partial charge in [-0.15, -0.1) is 0 Å². The van der Waals surface area contributed by atoms with Crippen LogP contribution in [0.1, 0.15) is 40.0 Å². The predicted molar refractivity (Wildman–Crippen MR) is 71.8 cm³/mol. The number of hydrogen-bond donors (Lipinski definition) is 0. The highest BCUT2D eigenvalue weighted by molar-refractivity contribution is 4.78. The van der Waals surface area contributed by atoms with Gasteiger partial charge in [0.25, 0.3) is 0 Å². The van der Waals surface area contributed by atoms with E-state index >= 15 is 0 Å². The lowest BCUT2D eigenvalue weighted by atomic mass is 9.98. The Morgan fingerprint density at radius 1 is 1.00 bits per heavy atom. The highest BCUT2D eigenvalue weighted by Crippen LogP contribution is 2.20. The lowest BCUT2D eigenvalue weighted by Gasteiger charge is -2.32. The van der Waals surface area contributed by atoms with Crippen molar-refractivity contribution in [2.75, 3.05) is 39.8 Å². The Bertz CT molecular complexity index is 174. The van der Waals surface area contributed by atoms with E-state index in [0.717, 1.165) is 11.8 Å².